The first-order chi connectivity index (χ1) is 13.2. The highest BCUT2D eigenvalue weighted by atomic mass is 15.3. The third-order valence-electron chi connectivity index (χ3n) is 5.66. The lowest BCUT2D eigenvalue weighted by Crippen LogP contribution is -2.43. The summed E-state index contributed by atoms with van der Waals surface area (Å²) >= 11 is 0. The average Bonchev–Trinajstić information content (AvgIpc) is 3.39. The number of hydrogen-bond donors (Lipinski definition) is 1. The lowest BCUT2D eigenvalue weighted by molar-refractivity contribution is 0.223. The van der Waals surface area contributed by atoms with Gasteiger partial charge in [-0.05, 0) is 44.1 Å². The number of rotatable bonds is 7. The molecule has 0 bridgehead atoms. The minimum Gasteiger partial charge on any atom is -0.364 e. The lowest BCUT2D eigenvalue weighted by atomic mass is 10.2. The van der Waals surface area contributed by atoms with E-state index in [1.165, 1.54) is 17.7 Å². The Kier molecular flexibility index (Phi) is 7.16. The van der Waals surface area contributed by atoms with Gasteiger partial charge in [-0.25, -0.2) is 4.99 Å². The second kappa shape index (κ2) is 9.79. The van der Waals surface area contributed by atoms with Crippen LogP contribution in [0.5, 0.6) is 0 Å². The number of nitrogens with one attached hydrogen (secondary N) is 1. The zero-order valence-electron chi connectivity index (χ0n) is 17.2. The second-order valence-electron chi connectivity index (χ2n) is 7.32. The first-order valence-corrected chi connectivity index (χ1v) is 10.5. The van der Waals surface area contributed by atoms with Crippen LogP contribution in [0.25, 0.3) is 0 Å². The van der Waals surface area contributed by atoms with E-state index in [9.17, 15) is 0 Å². The van der Waals surface area contributed by atoms with Crippen molar-refractivity contribution in [2.45, 2.75) is 39.8 Å². The van der Waals surface area contributed by atoms with Crippen molar-refractivity contribution in [2.75, 3.05) is 50.7 Å². The Hall–Kier alpha value is -2.01. The van der Waals surface area contributed by atoms with E-state index in [4.69, 9.17) is 4.99 Å². The SMILES string of the molecule is CCNC(=NCc1ccc(N2CC=CC2)cc1)N1CCC(N(CC)CC)C1. The fourth-order valence-electron chi connectivity index (χ4n) is 4.07. The molecule has 1 atom stereocenters. The van der Waals surface area contributed by atoms with Crippen LogP contribution in [-0.4, -0.2) is 67.6 Å². The fraction of sp³-hybridized carbons (Fsp3) is 0.591. The standard InChI is InChI=1S/C22H35N5/c1-4-23-22(27-16-13-21(18-27)25(5-2)6-3)24-17-19-9-11-20(12-10-19)26-14-7-8-15-26/h7-12,21H,4-6,13-18H2,1-3H3,(H,23,24). The Morgan fingerprint density at radius 1 is 1.11 bits per heavy atom. The molecule has 1 unspecified atom stereocenters. The van der Waals surface area contributed by atoms with E-state index in [0.29, 0.717) is 6.04 Å². The number of benzene rings is 1. The monoisotopic (exact) mass is 369 g/mol. The molecule has 27 heavy (non-hydrogen) atoms. The maximum Gasteiger partial charge on any atom is 0.194 e. The minimum atomic E-state index is 0.650. The molecule has 0 saturated carbocycles. The molecule has 0 aliphatic carbocycles. The summed E-state index contributed by atoms with van der Waals surface area (Å²) in [5.74, 6) is 1.06. The molecule has 2 heterocycles. The molecule has 0 radical (unpaired) electrons. The van der Waals surface area contributed by atoms with E-state index in [1.54, 1.807) is 0 Å². The molecule has 1 aromatic carbocycles. The third kappa shape index (κ3) is 5.04. The van der Waals surface area contributed by atoms with Gasteiger partial charge in [0.1, 0.15) is 0 Å². The predicted molar refractivity (Wildman–Crippen MR) is 116 cm³/mol. The van der Waals surface area contributed by atoms with Crippen molar-refractivity contribution < 1.29 is 0 Å². The largest absolute Gasteiger partial charge is 0.364 e. The summed E-state index contributed by atoms with van der Waals surface area (Å²) in [6, 6.07) is 9.51. The summed E-state index contributed by atoms with van der Waals surface area (Å²) in [7, 11) is 0. The zero-order valence-corrected chi connectivity index (χ0v) is 17.2. The van der Waals surface area contributed by atoms with E-state index in [0.717, 1.165) is 58.3 Å². The average molecular weight is 370 g/mol. The molecule has 0 aromatic heterocycles. The van der Waals surface area contributed by atoms with Crippen molar-refractivity contribution in [3.05, 3.63) is 42.0 Å². The first kappa shape index (κ1) is 19.7. The van der Waals surface area contributed by atoms with E-state index in [1.807, 2.05) is 0 Å². The van der Waals surface area contributed by atoms with Crippen molar-refractivity contribution in [1.29, 1.82) is 0 Å². The smallest absolute Gasteiger partial charge is 0.194 e. The predicted octanol–water partition coefficient (Wildman–Crippen LogP) is 2.94. The Morgan fingerprint density at radius 3 is 2.44 bits per heavy atom. The molecule has 3 rings (SSSR count). The van der Waals surface area contributed by atoms with Gasteiger partial charge < -0.3 is 15.1 Å². The van der Waals surface area contributed by atoms with Crippen LogP contribution in [0.2, 0.25) is 0 Å². The quantitative estimate of drug-likeness (QED) is 0.455. The molecule has 0 spiro atoms. The number of hydrogen-bond acceptors (Lipinski definition) is 3. The van der Waals surface area contributed by atoms with Crippen LogP contribution in [0, 0.1) is 0 Å². The summed E-state index contributed by atoms with van der Waals surface area (Å²) in [6.07, 6.45) is 5.68. The van der Waals surface area contributed by atoms with Crippen LogP contribution in [0.3, 0.4) is 0 Å². The van der Waals surface area contributed by atoms with E-state index in [2.05, 4.69) is 77.2 Å². The summed E-state index contributed by atoms with van der Waals surface area (Å²) in [4.78, 5) is 12.3. The third-order valence-corrected chi connectivity index (χ3v) is 5.66. The molecular weight excluding hydrogens is 334 g/mol. The van der Waals surface area contributed by atoms with Gasteiger partial charge in [-0.2, -0.15) is 0 Å². The van der Waals surface area contributed by atoms with Gasteiger partial charge in [-0.3, -0.25) is 4.90 Å². The molecule has 1 fully saturated rings. The highest BCUT2D eigenvalue weighted by Gasteiger charge is 2.27. The highest BCUT2D eigenvalue weighted by molar-refractivity contribution is 5.80. The van der Waals surface area contributed by atoms with Crippen LogP contribution in [0.1, 0.15) is 32.8 Å². The summed E-state index contributed by atoms with van der Waals surface area (Å²) in [5, 5.41) is 3.49. The van der Waals surface area contributed by atoms with Gasteiger partial charge in [0.2, 0.25) is 0 Å². The maximum atomic E-state index is 4.93. The van der Waals surface area contributed by atoms with Crippen molar-refractivity contribution in [1.82, 2.24) is 15.1 Å². The van der Waals surface area contributed by atoms with Crippen LogP contribution >= 0.6 is 0 Å². The number of likely N-dealkylation sites (N-methyl/N-ethyl adjacent to an activating group) is 1. The highest BCUT2D eigenvalue weighted by Crippen LogP contribution is 2.19. The van der Waals surface area contributed by atoms with Crippen molar-refractivity contribution in [3.8, 4) is 0 Å². The first-order valence-electron chi connectivity index (χ1n) is 10.5. The van der Waals surface area contributed by atoms with Gasteiger partial charge in [0.15, 0.2) is 5.96 Å². The number of aliphatic imine (C=N–C) groups is 1. The minimum absolute atomic E-state index is 0.650. The number of likely N-dealkylation sites (tertiary alicyclic amines) is 1. The van der Waals surface area contributed by atoms with Gasteiger partial charge in [0.25, 0.3) is 0 Å². The topological polar surface area (TPSA) is 34.1 Å². The van der Waals surface area contributed by atoms with E-state index in [-0.39, 0.29) is 0 Å². The molecule has 2 aliphatic heterocycles. The fourth-order valence-corrected chi connectivity index (χ4v) is 4.07. The normalized spacial score (nSPS) is 20.1. The van der Waals surface area contributed by atoms with Crippen molar-refractivity contribution >= 4 is 11.6 Å². The van der Waals surface area contributed by atoms with E-state index >= 15 is 0 Å². The molecule has 5 heteroatoms. The number of anilines is 1. The van der Waals surface area contributed by atoms with Gasteiger partial charge >= 0.3 is 0 Å². The molecule has 148 valence electrons. The summed E-state index contributed by atoms with van der Waals surface area (Å²) < 4.78 is 0. The molecule has 5 nitrogen and oxygen atoms in total. The molecule has 0 amide bonds. The number of guanidine groups is 1. The molecule has 1 N–H and O–H groups in total. The second-order valence-corrected chi connectivity index (χ2v) is 7.32. The Labute approximate surface area is 164 Å². The Morgan fingerprint density at radius 2 is 1.81 bits per heavy atom. The van der Waals surface area contributed by atoms with Crippen molar-refractivity contribution in [3.63, 3.8) is 0 Å². The van der Waals surface area contributed by atoms with Crippen molar-refractivity contribution in [2.24, 2.45) is 4.99 Å². The van der Waals surface area contributed by atoms with Gasteiger partial charge in [-0.15, -0.1) is 0 Å². The molecule has 1 aromatic rings. The van der Waals surface area contributed by atoms with Crippen LogP contribution in [-0.2, 0) is 6.54 Å². The van der Waals surface area contributed by atoms with Crippen LogP contribution < -0.4 is 10.2 Å². The van der Waals surface area contributed by atoms with Gasteiger partial charge in [0.05, 0.1) is 6.54 Å². The zero-order chi connectivity index (χ0) is 19.1. The Bertz CT molecular complexity index is 625. The maximum absolute atomic E-state index is 4.93. The summed E-state index contributed by atoms with van der Waals surface area (Å²) in [5.41, 5.74) is 2.56. The van der Waals surface area contributed by atoms with E-state index < -0.39 is 0 Å². The molecule has 2 aliphatic rings. The van der Waals surface area contributed by atoms with Crippen LogP contribution in [0.15, 0.2) is 41.4 Å². The number of nitrogens with zero attached hydrogens (tertiary/aromatic N) is 4. The Balaban J connectivity index is 1.60. The lowest BCUT2D eigenvalue weighted by Gasteiger charge is -2.27. The van der Waals surface area contributed by atoms with Crippen LogP contribution in [0.4, 0.5) is 5.69 Å². The van der Waals surface area contributed by atoms with Gasteiger partial charge in [0, 0.05) is 44.5 Å². The van der Waals surface area contributed by atoms with Gasteiger partial charge in [-0.1, -0.05) is 38.1 Å². The molecular formula is C22H35N5. The summed E-state index contributed by atoms with van der Waals surface area (Å²) in [6.45, 7) is 14.8. The molecule has 1 saturated heterocycles.